The molecule has 0 aliphatic heterocycles. The van der Waals surface area contributed by atoms with Crippen LogP contribution in [-0.2, 0) is 5.75 Å². The number of aryl methyl sites for hydroxylation is 1. The highest BCUT2D eigenvalue weighted by atomic mass is 35.5. The first kappa shape index (κ1) is 12.3. The van der Waals surface area contributed by atoms with E-state index in [0.29, 0.717) is 0 Å². The number of nitrogen functional groups attached to an aromatic ring is 1. The summed E-state index contributed by atoms with van der Waals surface area (Å²) in [4.78, 5) is 1.25. The molecule has 0 heterocycles. The molecule has 0 aromatic heterocycles. The summed E-state index contributed by atoms with van der Waals surface area (Å²) in [5.41, 5.74) is 9.07. The van der Waals surface area contributed by atoms with E-state index in [4.69, 9.17) is 17.3 Å². The van der Waals surface area contributed by atoms with Gasteiger partial charge in [-0.25, -0.2) is 0 Å². The van der Waals surface area contributed by atoms with Crippen LogP contribution in [0.15, 0.2) is 47.4 Å². The first-order chi connectivity index (χ1) is 8.15. The van der Waals surface area contributed by atoms with Gasteiger partial charge in [0, 0.05) is 21.4 Å². The van der Waals surface area contributed by atoms with Crippen molar-refractivity contribution in [2.24, 2.45) is 0 Å². The van der Waals surface area contributed by atoms with E-state index < -0.39 is 0 Å². The average molecular weight is 264 g/mol. The third-order valence-electron chi connectivity index (χ3n) is 2.49. The van der Waals surface area contributed by atoms with Gasteiger partial charge in [-0.05, 0) is 42.8 Å². The van der Waals surface area contributed by atoms with Gasteiger partial charge in [-0.1, -0.05) is 29.3 Å². The lowest BCUT2D eigenvalue weighted by Gasteiger charge is -2.06. The summed E-state index contributed by atoms with van der Waals surface area (Å²) >= 11 is 7.73. The minimum absolute atomic E-state index is 0.735. The number of benzene rings is 2. The van der Waals surface area contributed by atoms with Crippen molar-refractivity contribution in [3.05, 3.63) is 58.6 Å². The summed E-state index contributed by atoms with van der Waals surface area (Å²) in [6.07, 6.45) is 0. The van der Waals surface area contributed by atoms with Crippen LogP contribution in [0.4, 0.5) is 5.69 Å². The van der Waals surface area contributed by atoms with Crippen molar-refractivity contribution in [2.45, 2.75) is 17.6 Å². The first-order valence-electron chi connectivity index (χ1n) is 5.38. The monoisotopic (exact) mass is 263 g/mol. The highest BCUT2D eigenvalue weighted by Gasteiger charge is 2.02. The molecule has 2 aromatic carbocycles. The number of nitrogens with two attached hydrogens (primary N) is 1. The van der Waals surface area contributed by atoms with Gasteiger partial charge in [0.25, 0.3) is 0 Å². The molecule has 3 heteroatoms. The standard InChI is InChI=1S/C14H14ClNS/c1-10-3-2-4-13(7-10)17-9-11-8-12(15)5-6-14(11)16/h2-8H,9,16H2,1H3. The van der Waals surface area contributed by atoms with Crippen molar-refractivity contribution in [2.75, 3.05) is 5.73 Å². The Balaban J connectivity index is 2.09. The summed E-state index contributed by atoms with van der Waals surface area (Å²) in [6.45, 7) is 2.10. The molecular weight excluding hydrogens is 250 g/mol. The Hall–Kier alpha value is -1.12. The van der Waals surface area contributed by atoms with E-state index in [-0.39, 0.29) is 0 Å². The lowest BCUT2D eigenvalue weighted by molar-refractivity contribution is 1.34. The van der Waals surface area contributed by atoms with E-state index in [0.717, 1.165) is 22.0 Å². The predicted molar refractivity (Wildman–Crippen MR) is 76.6 cm³/mol. The molecule has 88 valence electrons. The van der Waals surface area contributed by atoms with Crippen LogP contribution in [0.2, 0.25) is 5.02 Å². The molecule has 0 aliphatic carbocycles. The van der Waals surface area contributed by atoms with Gasteiger partial charge >= 0.3 is 0 Å². The second kappa shape index (κ2) is 5.48. The van der Waals surface area contributed by atoms with E-state index in [1.54, 1.807) is 11.8 Å². The molecule has 17 heavy (non-hydrogen) atoms. The van der Waals surface area contributed by atoms with Crippen LogP contribution in [0.5, 0.6) is 0 Å². The lowest BCUT2D eigenvalue weighted by Crippen LogP contribution is -1.92. The van der Waals surface area contributed by atoms with Gasteiger partial charge in [0.05, 0.1) is 0 Å². The Morgan fingerprint density at radius 2 is 2.00 bits per heavy atom. The Bertz CT molecular complexity index is 525. The third kappa shape index (κ3) is 3.42. The van der Waals surface area contributed by atoms with E-state index in [2.05, 4.69) is 31.2 Å². The minimum Gasteiger partial charge on any atom is -0.398 e. The van der Waals surface area contributed by atoms with Crippen molar-refractivity contribution in [1.29, 1.82) is 0 Å². The summed E-state index contributed by atoms with van der Waals surface area (Å²) in [5, 5.41) is 0.735. The Kier molecular flexibility index (Phi) is 3.97. The van der Waals surface area contributed by atoms with Gasteiger partial charge in [-0.2, -0.15) is 0 Å². The number of anilines is 1. The fourth-order valence-electron chi connectivity index (χ4n) is 1.57. The van der Waals surface area contributed by atoms with Crippen LogP contribution in [0.1, 0.15) is 11.1 Å². The zero-order valence-corrected chi connectivity index (χ0v) is 11.2. The van der Waals surface area contributed by atoms with Gasteiger partial charge in [0.2, 0.25) is 0 Å². The molecule has 0 amide bonds. The maximum Gasteiger partial charge on any atom is 0.0410 e. The lowest BCUT2D eigenvalue weighted by atomic mass is 10.2. The Morgan fingerprint density at radius 1 is 1.18 bits per heavy atom. The largest absolute Gasteiger partial charge is 0.398 e. The molecule has 0 bridgehead atoms. The van der Waals surface area contributed by atoms with Gasteiger partial charge in [-0.3, -0.25) is 0 Å². The highest BCUT2D eigenvalue weighted by Crippen LogP contribution is 2.27. The summed E-state index contributed by atoms with van der Waals surface area (Å²) in [6, 6.07) is 14.0. The minimum atomic E-state index is 0.735. The molecule has 2 N–H and O–H groups in total. The van der Waals surface area contributed by atoms with Crippen LogP contribution in [-0.4, -0.2) is 0 Å². The molecule has 1 nitrogen and oxygen atoms in total. The maximum atomic E-state index is 5.96. The molecule has 0 atom stereocenters. The zero-order valence-electron chi connectivity index (χ0n) is 9.61. The van der Waals surface area contributed by atoms with Gasteiger partial charge < -0.3 is 5.73 Å². The number of rotatable bonds is 3. The second-order valence-electron chi connectivity index (χ2n) is 3.95. The number of halogens is 1. The normalized spacial score (nSPS) is 10.5. The smallest absolute Gasteiger partial charge is 0.0410 e. The second-order valence-corrected chi connectivity index (χ2v) is 5.43. The van der Waals surface area contributed by atoms with E-state index in [1.165, 1.54) is 10.5 Å². The van der Waals surface area contributed by atoms with Gasteiger partial charge in [0.15, 0.2) is 0 Å². The number of hydrogen-bond acceptors (Lipinski definition) is 2. The van der Waals surface area contributed by atoms with E-state index in [1.807, 2.05) is 18.2 Å². The van der Waals surface area contributed by atoms with E-state index in [9.17, 15) is 0 Å². The summed E-state index contributed by atoms with van der Waals surface area (Å²) in [5.74, 6) is 0.843. The van der Waals surface area contributed by atoms with Crippen LogP contribution in [0.25, 0.3) is 0 Å². The number of hydrogen-bond donors (Lipinski definition) is 1. The highest BCUT2D eigenvalue weighted by molar-refractivity contribution is 7.98. The Labute approximate surface area is 111 Å². The summed E-state index contributed by atoms with van der Waals surface area (Å²) < 4.78 is 0. The molecule has 0 radical (unpaired) electrons. The van der Waals surface area contributed by atoms with Crippen LogP contribution >= 0.6 is 23.4 Å². The first-order valence-corrected chi connectivity index (χ1v) is 6.75. The number of thioether (sulfide) groups is 1. The summed E-state index contributed by atoms with van der Waals surface area (Å²) in [7, 11) is 0. The fraction of sp³-hybridized carbons (Fsp3) is 0.143. The molecule has 0 unspecified atom stereocenters. The predicted octanol–water partition coefficient (Wildman–Crippen LogP) is 4.52. The molecule has 0 aliphatic rings. The topological polar surface area (TPSA) is 26.0 Å². The molecule has 0 fully saturated rings. The zero-order chi connectivity index (χ0) is 12.3. The van der Waals surface area contributed by atoms with E-state index >= 15 is 0 Å². The quantitative estimate of drug-likeness (QED) is 0.651. The molecule has 0 saturated heterocycles. The molecule has 2 aromatic rings. The van der Waals surface area contributed by atoms with Crippen molar-refractivity contribution >= 4 is 29.1 Å². The van der Waals surface area contributed by atoms with Crippen LogP contribution < -0.4 is 5.73 Å². The molecule has 2 rings (SSSR count). The Morgan fingerprint density at radius 3 is 2.76 bits per heavy atom. The maximum absolute atomic E-state index is 5.96. The fourth-order valence-corrected chi connectivity index (χ4v) is 2.78. The average Bonchev–Trinajstić information content (AvgIpc) is 2.30. The van der Waals surface area contributed by atoms with Gasteiger partial charge in [-0.15, -0.1) is 11.8 Å². The molecular formula is C14H14ClNS. The third-order valence-corrected chi connectivity index (χ3v) is 3.77. The van der Waals surface area contributed by atoms with Crippen molar-refractivity contribution in [3.63, 3.8) is 0 Å². The van der Waals surface area contributed by atoms with Crippen molar-refractivity contribution in [1.82, 2.24) is 0 Å². The molecule has 0 saturated carbocycles. The molecule has 0 spiro atoms. The van der Waals surface area contributed by atoms with Crippen LogP contribution in [0, 0.1) is 6.92 Å². The SMILES string of the molecule is Cc1cccc(SCc2cc(Cl)ccc2N)c1. The van der Waals surface area contributed by atoms with Crippen molar-refractivity contribution < 1.29 is 0 Å². The van der Waals surface area contributed by atoms with Crippen molar-refractivity contribution in [3.8, 4) is 0 Å². The van der Waals surface area contributed by atoms with Gasteiger partial charge in [0.1, 0.15) is 0 Å². The van der Waals surface area contributed by atoms with Crippen LogP contribution in [0.3, 0.4) is 0 Å².